The van der Waals surface area contributed by atoms with Crippen molar-refractivity contribution < 1.29 is 33.0 Å². The molecule has 2 aromatic carbocycles. The molecule has 12 rings (SSSR count). The first-order chi connectivity index (χ1) is 35.5. The normalized spacial score (nSPS) is 13.1. The topological polar surface area (TPSA) is 252 Å². The summed E-state index contributed by atoms with van der Waals surface area (Å²) in [5.41, 5.74) is 15.6. The van der Waals surface area contributed by atoms with E-state index in [1.807, 2.05) is 33.3 Å². The number of nitrogens with one attached hydrogen (secondary N) is 2. The number of hydrogen-bond donors (Lipinski definition) is 4. The van der Waals surface area contributed by atoms with Crippen LogP contribution in [0.5, 0.6) is 11.5 Å². The Morgan fingerprint density at radius 2 is 1.16 bits per heavy atom. The van der Waals surface area contributed by atoms with Crippen LogP contribution < -0.4 is 15.2 Å². The third-order valence-electron chi connectivity index (χ3n) is 12.7. The first-order valence-electron chi connectivity index (χ1n) is 23.5. The van der Waals surface area contributed by atoms with Crippen LogP contribution in [-0.2, 0) is 26.1 Å². The van der Waals surface area contributed by atoms with Crippen LogP contribution in [0.15, 0.2) is 110 Å². The fourth-order valence-corrected chi connectivity index (χ4v) is 8.56. The monoisotopic (exact) mass is 989 g/mol. The van der Waals surface area contributed by atoms with E-state index < -0.39 is 17.6 Å². The van der Waals surface area contributed by atoms with Crippen LogP contribution in [0.2, 0.25) is 0 Å². The molecule has 0 bridgehead atoms. The molecule has 10 aromatic rings. The summed E-state index contributed by atoms with van der Waals surface area (Å²) in [4.78, 5) is 32.8. The Labute approximate surface area is 414 Å². The number of carboxylic acid groups (broad SMARTS) is 1. The second kappa shape index (κ2) is 20.8. The number of rotatable bonds is 16. The molecule has 0 spiro atoms. The van der Waals surface area contributed by atoms with E-state index in [9.17, 15) is 14.0 Å². The molecule has 0 saturated heterocycles. The van der Waals surface area contributed by atoms with Gasteiger partial charge < -0.3 is 29.1 Å². The van der Waals surface area contributed by atoms with Crippen molar-refractivity contribution >= 4 is 23.0 Å². The summed E-state index contributed by atoms with van der Waals surface area (Å²) in [6.07, 6.45) is 23.1. The zero-order valence-corrected chi connectivity index (χ0v) is 39.7. The van der Waals surface area contributed by atoms with Gasteiger partial charge in [-0.3, -0.25) is 15.0 Å². The van der Waals surface area contributed by atoms with Gasteiger partial charge in [-0.1, -0.05) is 34.7 Å². The quantitative estimate of drug-likeness (QED) is 0.0687. The smallest absolute Gasteiger partial charge is 0.358 e. The number of aromatic carboxylic acids is 1. The zero-order valence-electron chi connectivity index (χ0n) is 39.7. The summed E-state index contributed by atoms with van der Waals surface area (Å²) in [5.74, 6) is -0.483. The van der Waals surface area contributed by atoms with E-state index >= 15 is 4.39 Å². The maximum Gasteiger partial charge on any atom is 0.358 e. The van der Waals surface area contributed by atoms with Gasteiger partial charge in [0.2, 0.25) is 0 Å². The fourth-order valence-electron chi connectivity index (χ4n) is 8.56. The summed E-state index contributed by atoms with van der Waals surface area (Å²) in [6, 6.07) is 15.0. The number of carbonyl (C=O) groups is 2. The number of pyridine rings is 2. The molecule has 2 aliphatic rings. The Bertz CT molecular complexity index is 3560. The number of nitrogens with zero attached hydrogens (tertiary/aromatic N) is 12. The van der Waals surface area contributed by atoms with Crippen LogP contribution in [-0.4, -0.2) is 100 Å². The molecule has 2 saturated carbocycles. The molecule has 0 unspecified atom stereocenters. The second-order valence-electron chi connectivity index (χ2n) is 17.7. The lowest BCUT2D eigenvalue weighted by Crippen LogP contribution is -2.05. The third kappa shape index (κ3) is 10.7. The summed E-state index contributed by atoms with van der Waals surface area (Å²) < 4.78 is 46.1. The number of carbonyl (C=O) groups excluding carboxylic acids is 1. The van der Waals surface area contributed by atoms with Crippen molar-refractivity contribution in [3.05, 3.63) is 167 Å². The highest BCUT2D eigenvalue weighted by Gasteiger charge is 2.25. The fraction of sp³-hybridized carbons (Fsp3) is 0.255. The third-order valence-corrected chi connectivity index (χ3v) is 12.7. The van der Waals surface area contributed by atoms with Gasteiger partial charge in [0.25, 0.3) is 0 Å². The number of aromatic amines is 2. The number of imidazole rings is 2. The number of fused-ring (bicyclic) bond motifs is 2. The number of carboxylic acids is 1. The van der Waals surface area contributed by atoms with E-state index in [4.69, 9.17) is 20.3 Å². The molecule has 2 fully saturated rings. The van der Waals surface area contributed by atoms with E-state index in [0.29, 0.717) is 41.6 Å². The standard InChI is InChI=1S/C26H24FN7O2.C14H13N5O2.C11H12FN3O/c1-36-24-8-6-20(18-10-28-29-11-18)21(26(24)27)5-7-23(35)22-15-34(32-31-22)14-19-13-33-12-17(16-2-3-16)4-9-25(33)30-19;20-14(21)12-8-19(17-16-12)7-11-6-18-5-10(9-1-2-9)3-4-13(18)15-11;1-16-10-3-2-8(7-5-14-15-6-7)9(4-13)11(10)12/h4,6,8-13,15-16H,2-3,5,7,14H2,1H3,(H,28,29);3-6,8-9H,1-2,7H2,(H,20,21);2-3,5-6H,4,13H2,1H3,(H,14,15). The van der Waals surface area contributed by atoms with Crippen LogP contribution in [0.3, 0.4) is 0 Å². The molecule has 0 amide bonds. The number of ketones is 1. The van der Waals surface area contributed by atoms with Gasteiger partial charge in [0.1, 0.15) is 17.0 Å². The molecule has 2 aliphatic carbocycles. The minimum Gasteiger partial charge on any atom is -0.494 e. The average molecular weight is 990 g/mol. The van der Waals surface area contributed by atoms with Gasteiger partial charge in [0, 0.05) is 72.4 Å². The highest BCUT2D eigenvalue weighted by atomic mass is 19.1. The molecule has 22 heteroatoms. The van der Waals surface area contributed by atoms with Crippen LogP contribution >= 0.6 is 0 Å². The van der Waals surface area contributed by atoms with Crippen LogP contribution in [0.1, 0.15) is 98.6 Å². The van der Waals surface area contributed by atoms with Crippen molar-refractivity contribution in [1.29, 1.82) is 0 Å². The van der Waals surface area contributed by atoms with Crippen molar-refractivity contribution in [2.45, 2.75) is 70.0 Å². The molecule has 20 nitrogen and oxygen atoms in total. The number of aromatic nitrogens is 14. The number of hydrogen-bond acceptors (Lipinski definition) is 13. The number of Topliss-reactive ketones (excluding diaryl/α,β-unsaturated/α-hetero) is 1. The average Bonchev–Trinajstić information content (AvgIpc) is 3.86. The summed E-state index contributed by atoms with van der Waals surface area (Å²) in [6.45, 7) is 0.917. The number of benzene rings is 2. The minimum absolute atomic E-state index is 0.0604. The van der Waals surface area contributed by atoms with Gasteiger partial charge in [-0.2, -0.15) is 10.2 Å². The summed E-state index contributed by atoms with van der Waals surface area (Å²) in [5, 5.41) is 37.6. The molecular weight excluding hydrogens is 941 g/mol. The molecule has 8 aromatic heterocycles. The second-order valence-corrected chi connectivity index (χ2v) is 17.7. The molecule has 0 radical (unpaired) electrons. The maximum absolute atomic E-state index is 15.1. The Morgan fingerprint density at radius 1 is 0.671 bits per heavy atom. The summed E-state index contributed by atoms with van der Waals surface area (Å²) >= 11 is 0. The van der Waals surface area contributed by atoms with E-state index in [0.717, 1.165) is 39.4 Å². The van der Waals surface area contributed by atoms with Crippen molar-refractivity contribution in [3.8, 4) is 33.8 Å². The highest BCUT2D eigenvalue weighted by Crippen LogP contribution is 2.41. The molecule has 5 N–H and O–H groups in total. The minimum atomic E-state index is -1.08. The SMILES string of the molecule is COc1ccc(-c2cn[nH]c2)c(CCC(=O)c2cn(Cc3cn4cc(C5CC5)ccc4n3)nn2)c1F.COc1ccc(-c2cn[nH]c2)c(CN)c1F.O=C(O)c1cn(Cc2cn3cc(C4CC4)ccc3n2)nn1. The number of ether oxygens (including phenoxy) is 2. The molecule has 372 valence electrons. The molecular formula is C51H49F2N15O5. The Morgan fingerprint density at radius 3 is 1.62 bits per heavy atom. The predicted octanol–water partition coefficient (Wildman–Crippen LogP) is 7.44. The first kappa shape index (κ1) is 47.7. The van der Waals surface area contributed by atoms with Crippen molar-refractivity contribution in [3.63, 3.8) is 0 Å². The summed E-state index contributed by atoms with van der Waals surface area (Å²) in [7, 11) is 2.84. The van der Waals surface area contributed by atoms with Gasteiger partial charge >= 0.3 is 5.97 Å². The maximum atomic E-state index is 15.1. The van der Waals surface area contributed by atoms with Crippen molar-refractivity contribution in [2.75, 3.05) is 14.2 Å². The van der Waals surface area contributed by atoms with Crippen LogP contribution in [0.25, 0.3) is 33.5 Å². The lowest BCUT2D eigenvalue weighted by Gasteiger charge is -2.12. The molecule has 8 heterocycles. The van der Waals surface area contributed by atoms with Gasteiger partial charge in [-0.15, -0.1) is 10.2 Å². The molecule has 0 atom stereocenters. The lowest BCUT2D eigenvalue weighted by atomic mass is 9.96. The molecule has 0 aliphatic heterocycles. The van der Waals surface area contributed by atoms with Gasteiger partial charge in [-0.25, -0.2) is 32.9 Å². The van der Waals surface area contributed by atoms with E-state index in [-0.39, 0.29) is 48.1 Å². The highest BCUT2D eigenvalue weighted by molar-refractivity contribution is 5.94. The van der Waals surface area contributed by atoms with E-state index in [1.165, 1.54) is 61.9 Å². The Hall–Kier alpha value is -8.92. The number of methoxy groups -OCH3 is 2. The van der Waals surface area contributed by atoms with E-state index in [1.54, 1.807) is 59.9 Å². The van der Waals surface area contributed by atoms with Crippen molar-refractivity contribution in [1.82, 2.24) is 69.2 Å². The van der Waals surface area contributed by atoms with E-state index in [2.05, 4.69) is 75.5 Å². The first-order valence-corrected chi connectivity index (χ1v) is 23.5. The van der Waals surface area contributed by atoms with Gasteiger partial charge in [0.05, 0.1) is 63.5 Å². The number of halogens is 2. The lowest BCUT2D eigenvalue weighted by molar-refractivity contribution is 0.0690. The Balaban J connectivity index is 0.000000139. The van der Waals surface area contributed by atoms with Gasteiger partial charge in [-0.05, 0) is 90.5 Å². The largest absolute Gasteiger partial charge is 0.494 e. The number of H-pyrrole nitrogens is 2. The Kier molecular flexibility index (Phi) is 13.6. The number of nitrogens with two attached hydrogens (primary N) is 1. The van der Waals surface area contributed by atoms with Crippen molar-refractivity contribution in [2.24, 2.45) is 5.73 Å². The van der Waals surface area contributed by atoms with Crippen LogP contribution in [0, 0.1) is 11.6 Å². The van der Waals surface area contributed by atoms with Crippen LogP contribution in [0.4, 0.5) is 8.78 Å². The predicted molar refractivity (Wildman–Crippen MR) is 261 cm³/mol. The zero-order chi connectivity index (χ0) is 50.6. The van der Waals surface area contributed by atoms with Gasteiger partial charge in [0.15, 0.2) is 34.6 Å². The molecule has 73 heavy (non-hydrogen) atoms.